The van der Waals surface area contributed by atoms with Crippen LogP contribution >= 0.6 is 22.9 Å². The summed E-state index contributed by atoms with van der Waals surface area (Å²) >= 11 is 7.50. The number of thiophene rings is 1. The molecular weight excluding hydrogens is 416 g/mol. The Bertz CT molecular complexity index is 1210. The zero-order chi connectivity index (χ0) is 20.5. The van der Waals surface area contributed by atoms with E-state index in [4.69, 9.17) is 16.6 Å². The van der Waals surface area contributed by atoms with Crippen LogP contribution in [0.15, 0.2) is 64.8 Å². The molecule has 1 aliphatic heterocycles. The smallest absolute Gasteiger partial charge is 0.260 e. The standard InChI is InChI=1S/C23H21ClN4OS/c24-17-8-6-16(7-9-17)19-15-30-23-21(19)22(29)25-20(26-23)14-27-10-12-28(13-11-27)18-4-2-1-3-5-18/h1-9,15H,10-14H2,(H,25,26,29). The first-order valence-electron chi connectivity index (χ1n) is 9.96. The monoisotopic (exact) mass is 436 g/mol. The van der Waals surface area contributed by atoms with Gasteiger partial charge in [0.05, 0.1) is 11.9 Å². The van der Waals surface area contributed by atoms with Crippen LogP contribution in [-0.4, -0.2) is 41.0 Å². The molecule has 4 aromatic rings. The van der Waals surface area contributed by atoms with E-state index in [1.807, 2.05) is 35.7 Å². The number of benzene rings is 2. The van der Waals surface area contributed by atoms with Gasteiger partial charge in [0.15, 0.2) is 0 Å². The quantitative estimate of drug-likeness (QED) is 0.507. The largest absolute Gasteiger partial charge is 0.369 e. The average molecular weight is 437 g/mol. The number of aromatic amines is 1. The Morgan fingerprint density at radius 1 is 1.00 bits per heavy atom. The summed E-state index contributed by atoms with van der Waals surface area (Å²) in [7, 11) is 0. The number of hydrogen-bond donors (Lipinski definition) is 1. The third-order valence-corrected chi connectivity index (χ3v) is 6.64. The highest BCUT2D eigenvalue weighted by molar-refractivity contribution is 7.17. The Morgan fingerprint density at radius 2 is 1.73 bits per heavy atom. The number of nitrogens with zero attached hydrogens (tertiary/aromatic N) is 3. The van der Waals surface area contributed by atoms with Crippen molar-refractivity contribution < 1.29 is 0 Å². The number of fused-ring (bicyclic) bond motifs is 1. The Labute approximate surface area is 183 Å². The van der Waals surface area contributed by atoms with Crippen LogP contribution in [0.4, 0.5) is 5.69 Å². The molecule has 152 valence electrons. The van der Waals surface area contributed by atoms with Crippen molar-refractivity contribution >= 4 is 38.8 Å². The van der Waals surface area contributed by atoms with E-state index in [2.05, 4.69) is 39.0 Å². The van der Waals surface area contributed by atoms with E-state index in [9.17, 15) is 4.79 Å². The maximum atomic E-state index is 12.9. The summed E-state index contributed by atoms with van der Waals surface area (Å²) in [6.07, 6.45) is 0. The number of para-hydroxylation sites is 1. The molecular formula is C23H21ClN4OS. The van der Waals surface area contributed by atoms with Crippen LogP contribution in [0.1, 0.15) is 5.82 Å². The van der Waals surface area contributed by atoms with Crippen LogP contribution in [0.5, 0.6) is 0 Å². The minimum absolute atomic E-state index is 0.0795. The zero-order valence-corrected chi connectivity index (χ0v) is 17.9. The van der Waals surface area contributed by atoms with Crippen LogP contribution < -0.4 is 10.5 Å². The number of halogens is 1. The minimum Gasteiger partial charge on any atom is -0.369 e. The molecule has 0 spiro atoms. The average Bonchev–Trinajstić information content (AvgIpc) is 3.20. The third kappa shape index (κ3) is 3.86. The van der Waals surface area contributed by atoms with Crippen molar-refractivity contribution in [2.45, 2.75) is 6.54 Å². The fraction of sp³-hybridized carbons (Fsp3) is 0.217. The molecule has 2 aromatic carbocycles. The lowest BCUT2D eigenvalue weighted by molar-refractivity contribution is 0.244. The molecule has 7 heteroatoms. The van der Waals surface area contributed by atoms with Crippen molar-refractivity contribution in [2.24, 2.45) is 0 Å². The SMILES string of the molecule is O=c1[nH]c(CN2CCN(c3ccccc3)CC2)nc2scc(-c3ccc(Cl)cc3)c12. The summed E-state index contributed by atoms with van der Waals surface area (Å²) < 4.78 is 0. The van der Waals surface area contributed by atoms with Gasteiger partial charge < -0.3 is 9.88 Å². The molecule has 3 heterocycles. The fourth-order valence-electron chi connectivity index (χ4n) is 3.93. The number of aromatic nitrogens is 2. The summed E-state index contributed by atoms with van der Waals surface area (Å²) in [6.45, 7) is 4.47. The third-order valence-electron chi connectivity index (χ3n) is 5.52. The molecule has 30 heavy (non-hydrogen) atoms. The molecule has 0 unspecified atom stereocenters. The Balaban J connectivity index is 1.33. The minimum atomic E-state index is -0.0795. The molecule has 5 nitrogen and oxygen atoms in total. The second kappa shape index (κ2) is 8.22. The molecule has 1 N–H and O–H groups in total. The Hall–Kier alpha value is -2.67. The maximum absolute atomic E-state index is 12.9. The van der Waals surface area contributed by atoms with Crippen LogP contribution in [-0.2, 0) is 6.54 Å². The van der Waals surface area contributed by atoms with Gasteiger partial charge in [-0.25, -0.2) is 4.98 Å². The van der Waals surface area contributed by atoms with Crippen molar-refractivity contribution in [2.75, 3.05) is 31.1 Å². The number of hydrogen-bond acceptors (Lipinski definition) is 5. The predicted octanol–water partition coefficient (Wildman–Crippen LogP) is 4.63. The molecule has 0 bridgehead atoms. The molecule has 2 aromatic heterocycles. The summed E-state index contributed by atoms with van der Waals surface area (Å²) in [5.74, 6) is 0.727. The highest BCUT2D eigenvalue weighted by atomic mass is 35.5. The van der Waals surface area contributed by atoms with Gasteiger partial charge in [-0.2, -0.15) is 0 Å². The van der Waals surface area contributed by atoms with E-state index in [0.29, 0.717) is 17.0 Å². The fourth-order valence-corrected chi connectivity index (χ4v) is 5.02. The molecule has 1 fully saturated rings. The molecule has 0 amide bonds. The number of rotatable bonds is 4. The molecule has 0 aliphatic carbocycles. The van der Waals surface area contributed by atoms with Gasteiger partial charge in [0.25, 0.3) is 5.56 Å². The van der Waals surface area contributed by atoms with Crippen molar-refractivity contribution in [1.29, 1.82) is 0 Å². The predicted molar refractivity (Wildman–Crippen MR) is 125 cm³/mol. The van der Waals surface area contributed by atoms with E-state index in [0.717, 1.165) is 48.0 Å². The Kier molecular flexibility index (Phi) is 5.29. The van der Waals surface area contributed by atoms with E-state index in [1.54, 1.807) is 0 Å². The molecule has 0 radical (unpaired) electrons. The second-order valence-corrected chi connectivity index (χ2v) is 8.74. The number of piperazine rings is 1. The normalized spacial score (nSPS) is 15.0. The van der Waals surface area contributed by atoms with Crippen molar-refractivity contribution in [3.8, 4) is 11.1 Å². The van der Waals surface area contributed by atoms with Gasteiger partial charge in [-0.1, -0.05) is 41.9 Å². The van der Waals surface area contributed by atoms with E-state index >= 15 is 0 Å². The van der Waals surface area contributed by atoms with Gasteiger partial charge in [0.2, 0.25) is 0 Å². The van der Waals surface area contributed by atoms with Crippen LogP contribution in [0.2, 0.25) is 5.02 Å². The van der Waals surface area contributed by atoms with Gasteiger partial charge >= 0.3 is 0 Å². The van der Waals surface area contributed by atoms with E-state index in [-0.39, 0.29) is 5.56 Å². The first-order chi connectivity index (χ1) is 14.7. The van der Waals surface area contributed by atoms with Crippen molar-refractivity contribution in [3.63, 3.8) is 0 Å². The summed E-state index contributed by atoms with van der Waals surface area (Å²) in [4.78, 5) is 26.1. The molecule has 0 atom stereocenters. The highest BCUT2D eigenvalue weighted by Gasteiger charge is 2.19. The lowest BCUT2D eigenvalue weighted by Crippen LogP contribution is -2.46. The topological polar surface area (TPSA) is 52.2 Å². The van der Waals surface area contributed by atoms with Crippen LogP contribution in [0, 0.1) is 0 Å². The number of H-pyrrole nitrogens is 1. The lowest BCUT2D eigenvalue weighted by Gasteiger charge is -2.35. The molecule has 1 saturated heterocycles. The number of nitrogens with one attached hydrogen (secondary N) is 1. The van der Waals surface area contributed by atoms with E-state index < -0.39 is 0 Å². The van der Waals surface area contributed by atoms with Gasteiger partial charge in [-0.3, -0.25) is 9.69 Å². The van der Waals surface area contributed by atoms with Crippen LogP contribution in [0.25, 0.3) is 21.3 Å². The van der Waals surface area contributed by atoms with Gasteiger partial charge in [0.1, 0.15) is 10.7 Å². The highest BCUT2D eigenvalue weighted by Crippen LogP contribution is 2.31. The summed E-state index contributed by atoms with van der Waals surface area (Å²) in [5.41, 5.74) is 3.06. The molecule has 5 rings (SSSR count). The first kappa shape index (κ1) is 19.3. The lowest BCUT2D eigenvalue weighted by atomic mass is 10.1. The van der Waals surface area contributed by atoms with Gasteiger partial charge in [-0.05, 0) is 29.8 Å². The maximum Gasteiger partial charge on any atom is 0.260 e. The van der Waals surface area contributed by atoms with Crippen LogP contribution in [0.3, 0.4) is 0 Å². The van der Waals surface area contributed by atoms with E-state index in [1.165, 1.54) is 17.0 Å². The number of anilines is 1. The zero-order valence-electron chi connectivity index (χ0n) is 16.3. The summed E-state index contributed by atoms with van der Waals surface area (Å²) in [5, 5.41) is 3.33. The van der Waals surface area contributed by atoms with Crippen molar-refractivity contribution in [3.05, 3.63) is 81.2 Å². The van der Waals surface area contributed by atoms with Gasteiger partial charge in [-0.15, -0.1) is 11.3 Å². The second-order valence-electron chi connectivity index (χ2n) is 7.45. The molecule has 0 saturated carbocycles. The first-order valence-corrected chi connectivity index (χ1v) is 11.2. The van der Waals surface area contributed by atoms with Crippen molar-refractivity contribution in [1.82, 2.24) is 14.9 Å². The summed E-state index contributed by atoms with van der Waals surface area (Å²) in [6, 6.07) is 18.0. The Morgan fingerprint density at radius 3 is 2.47 bits per heavy atom. The molecule has 1 aliphatic rings. The van der Waals surface area contributed by atoms with Gasteiger partial charge in [0, 0.05) is 47.8 Å².